The molecule has 3 aromatic carbocycles. The summed E-state index contributed by atoms with van der Waals surface area (Å²) in [5.74, 6) is 1.45. The van der Waals surface area contributed by atoms with Crippen molar-refractivity contribution in [3.8, 4) is 11.5 Å². The molecule has 1 fully saturated rings. The van der Waals surface area contributed by atoms with E-state index in [-0.39, 0.29) is 24.0 Å². The monoisotopic (exact) mass is 636 g/mol. The smallest absolute Gasteiger partial charge is 0.282 e. The maximum atomic E-state index is 13.6. The number of amides is 1. The summed E-state index contributed by atoms with van der Waals surface area (Å²) in [7, 11) is 0. The number of carbonyl (C=O) groups is 1. The Morgan fingerprint density at radius 3 is 2.61 bits per heavy atom. The Labute approximate surface area is 251 Å². The summed E-state index contributed by atoms with van der Waals surface area (Å²) in [4.78, 5) is 30.9. The van der Waals surface area contributed by atoms with Crippen LogP contribution in [-0.2, 0) is 4.79 Å². The second-order valence-electron chi connectivity index (χ2n) is 9.81. The van der Waals surface area contributed by atoms with E-state index in [1.54, 1.807) is 54.7 Å². The number of fused-ring (bicyclic) bond motifs is 1. The highest BCUT2D eigenvalue weighted by Crippen LogP contribution is 2.32. The van der Waals surface area contributed by atoms with Gasteiger partial charge in [-0.3, -0.25) is 9.59 Å². The van der Waals surface area contributed by atoms with Crippen LogP contribution in [0.5, 0.6) is 11.5 Å². The van der Waals surface area contributed by atoms with E-state index in [9.17, 15) is 9.59 Å². The molecule has 10 heteroatoms. The van der Waals surface area contributed by atoms with E-state index in [1.807, 2.05) is 19.1 Å². The predicted molar refractivity (Wildman–Crippen MR) is 166 cm³/mol. The molecule has 4 aromatic rings. The van der Waals surface area contributed by atoms with Crippen LogP contribution in [0.15, 0.2) is 75.0 Å². The zero-order chi connectivity index (χ0) is 28.8. The summed E-state index contributed by atoms with van der Waals surface area (Å²) in [6.45, 7) is 2.07. The highest BCUT2D eigenvalue weighted by atomic mass is 79.9. The van der Waals surface area contributed by atoms with E-state index in [1.165, 1.54) is 11.1 Å². The first kappa shape index (κ1) is 28.8. The Balaban J connectivity index is 1.39. The van der Waals surface area contributed by atoms with Gasteiger partial charge in [0, 0.05) is 21.1 Å². The maximum Gasteiger partial charge on any atom is 0.282 e. The molecule has 0 saturated heterocycles. The minimum atomic E-state index is -0.314. The Kier molecular flexibility index (Phi) is 9.36. The van der Waals surface area contributed by atoms with Gasteiger partial charge in [0.25, 0.3) is 11.5 Å². The summed E-state index contributed by atoms with van der Waals surface area (Å²) in [5.41, 5.74) is 1.80. The molecule has 41 heavy (non-hydrogen) atoms. The molecule has 0 bridgehead atoms. The highest BCUT2D eigenvalue weighted by molar-refractivity contribution is 9.10. The van der Waals surface area contributed by atoms with E-state index in [0.29, 0.717) is 51.1 Å². The van der Waals surface area contributed by atoms with Crippen LogP contribution < -0.4 is 20.3 Å². The molecule has 5 rings (SSSR count). The summed E-state index contributed by atoms with van der Waals surface area (Å²) in [5, 5.41) is 8.48. The van der Waals surface area contributed by atoms with Crippen molar-refractivity contribution in [2.24, 2.45) is 5.10 Å². The summed E-state index contributed by atoms with van der Waals surface area (Å²) in [6, 6.07) is 17.7. The fourth-order valence-electron chi connectivity index (χ4n) is 4.89. The number of hydrogen-bond donors (Lipinski definition) is 1. The van der Waals surface area contributed by atoms with Crippen LogP contribution in [0.3, 0.4) is 0 Å². The fourth-order valence-corrected chi connectivity index (χ4v) is 5.38. The SMILES string of the molecule is CCOc1cc(C=Nn2c(C3CCCCC3)nc3ccc(Br)cc3c2=O)ccc1OCC(=O)Nc1ccc(Cl)cc1. The van der Waals surface area contributed by atoms with Crippen molar-refractivity contribution in [3.05, 3.63) is 91.9 Å². The molecule has 8 nitrogen and oxygen atoms in total. The van der Waals surface area contributed by atoms with Gasteiger partial charge in [0.1, 0.15) is 5.82 Å². The third kappa shape index (κ3) is 7.15. The lowest BCUT2D eigenvalue weighted by Crippen LogP contribution is -2.25. The lowest BCUT2D eigenvalue weighted by molar-refractivity contribution is -0.118. The van der Waals surface area contributed by atoms with Crippen molar-refractivity contribution in [2.75, 3.05) is 18.5 Å². The van der Waals surface area contributed by atoms with Gasteiger partial charge in [0.2, 0.25) is 0 Å². The molecule has 0 spiro atoms. The van der Waals surface area contributed by atoms with Crippen molar-refractivity contribution in [2.45, 2.75) is 44.9 Å². The van der Waals surface area contributed by atoms with Gasteiger partial charge in [-0.2, -0.15) is 9.78 Å². The molecule has 1 N–H and O–H groups in total. The van der Waals surface area contributed by atoms with Gasteiger partial charge in [-0.25, -0.2) is 4.98 Å². The van der Waals surface area contributed by atoms with Crippen LogP contribution in [-0.4, -0.2) is 35.0 Å². The minimum Gasteiger partial charge on any atom is -0.490 e. The zero-order valence-electron chi connectivity index (χ0n) is 22.6. The Hall–Kier alpha value is -3.69. The summed E-state index contributed by atoms with van der Waals surface area (Å²) < 4.78 is 13.8. The summed E-state index contributed by atoms with van der Waals surface area (Å²) >= 11 is 9.37. The van der Waals surface area contributed by atoms with Crippen molar-refractivity contribution in [1.82, 2.24) is 9.66 Å². The van der Waals surface area contributed by atoms with Crippen LogP contribution >= 0.6 is 27.5 Å². The van der Waals surface area contributed by atoms with Gasteiger partial charge in [-0.05, 0) is 86.0 Å². The van der Waals surface area contributed by atoms with Gasteiger partial charge in [0.15, 0.2) is 18.1 Å². The van der Waals surface area contributed by atoms with Crippen LogP contribution in [0.4, 0.5) is 5.69 Å². The van der Waals surface area contributed by atoms with Crippen molar-refractivity contribution in [1.29, 1.82) is 0 Å². The molecule has 212 valence electrons. The molecule has 1 saturated carbocycles. The molecule has 1 aliphatic carbocycles. The number of nitrogens with zero attached hydrogens (tertiary/aromatic N) is 3. The molecule has 0 aliphatic heterocycles. The zero-order valence-corrected chi connectivity index (χ0v) is 25.0. The number of anilines is 1. The van der Waals surface area contributed by atoms with E-state index in [4.69, 9.17) is 26.1 Å². The number of nitrogens with one attached hydrogen (secondary N) is 1. The van der Waals surface area contributed by atoms with E-state index >= 15 is 0 Å². The van der Waals surface area contributed by atoms with E-state index in [2.05, 4.69) is 26.3 Å². The Bertz CT molecular complexity index is 1630. The molecule has 1 amide bonds. The molecule has 1 aromatic heterocycles. The van der Waals surface area contributed by atoms with E-state index in [0.717, 1.165) is 30.2 Å². The quantitative estimate of drug-likeness (QED) is 0.197. The largest absolute Gasteiger partial charge is 0.490 e. The second kappa shape index (κ2) is 13.3. The lowest BCUT2D eigenvalue weighted by Gasteiger charge is -2.22. The summed E-state index contributed by atoms with van der Waals surface area (Å²) in [6.07, 6.45) is 7.01. The van der Waals surface area contributed by atoms with Gasteiger partial charge >= 0.3 is 0 Å². The average molecular weight is 638 g/mol. The van der Waals surface area contributed by atoms with Crippen LogP contribution in [0.1, 0.15) is 56.3 Å². The average Bonchev–Trinajstić information content (AvgIpc) is 2.98. The molecule has 0 unspecified atom stereocenters. The van der Waals surface area contributed by atoms with Crippen molar-refractivity contribution < 1.29 is 14.3 Å². The molecule has 1 aliphatic rings. The minimum absolute atomic E-state index is 0.176. The maximum absolute atomic E-state index is 13.6. The van der Waals surface area contributed by atoms with Crippen LogP contribution in [0.25, 0.3) is 10.9 Å². The van der Waals surface area contributed by atoms with Crippen molar-refractivity contribution >= 4 is 56.2 Å². The number of rotatable bonds is 9. The number of benzene rings is 3. The fraction of sp³-hybridized carbons (Fsp3) is 0.290. The third-order valence-corrected chi connectivity index (χ3v) is 7.63. The first-order valence-electron chi connectivity index (χ1n) is 13.6. The Morgan fingerprint density at radius 2 is 1.85 bits per heavy atom. The highest BCUT2D eigenvalue weighted by Gasteiger charge is 2.22. The Morgan fingerprint density at radius 1 is 1.07 bits per heavy atom. The lowest BCUT2D eigenvalue weighted by atomic mass is 9.88. The number of carbonyl (C=O) groups excluding carboxylic acids is 1. The van der Waals surface area contributed by atoms with Crippen LogP contribution in [0, 0.1) is 0 Å². The standard InChI is InChI=1S/C31H30BrClN4O4/c1-2-40-28-16-20(8-15-27(28)41-19-29(38)35-24-12-10-23(33)11-13-24)18-34-37-30(21-6-4-3-5-7-21)36-26-14-9-22(32)17-25(26)31(37)39/h8-18,21H,2-7,19H2,1H3,(H,35,38). The van der Waals surface area contributed by atoms with Gasteiger partial charge in [-0.15, -0.1) is 0 Å². The van der Waals surface area contributed by atoms with Crippen LogP contribution in [0.2, 0.25) is 5.02 Å². The molecular weight excluding hydrogens is 608 g/mol. The van der Waals surface area contributed by atoms with Gasteiger partial charge in [-0.1, -0.05) is 46.8 Å². The number of ether oxygens (including phenoxy) is 2. The number of hydrogen-bond acceptors (Lipinski definition) is 6. The number of halogens is 2. The molecule has 1 heterocycles. The van der Waals surface area contributed by atoms with Crippen molar-refractivity contribution in [3.63, 3.8) is 0 Å². The van der Waals surface area contributed by atoms with Gasteiger partial charge in [0.05, 0.1) is 23.7 Å². The first-order chi connectivity index (χ1) is 19.9. The predicted octanol–water partition coefficient (Wildman–Crippen LogP) is 7.16. The molecule has 0 atom stereocenters. The molecular formula is C31H30BrClN4O4. The first-order valence-corrected chi connectivity index (χ1v) is 14.8. The van der Waals surface area contributed by atoms with E-state index < -0.39 is 0 Å². The second-order valence-corrected chi connectivity index (χ2v) is 11.2. The van der Waals surface area contributed by atoms with Gasteiger partial charge < -0.3 is 14.8 Å². The topological polar surface area (TPSA) is 94.8 Å². The number of aromatic nitrogens is 2. The molecule has 0 radical (unpaired) electrons. The normalized spacial score (nSPS) is 13.9. The third-order valence-electron chi connectivity index (χ3n) is 6.88.